The molecule has 0 aliphatic carbocycles. The van der Waals surface area contributed by atoms with Crippen molar-refractivity contribution in [1.82, 2.24) is 9.80 Å². The van der Waals surface area contributed by atoms with Gasteiger partial charge in [0.2, 0.25) is 5.91 Å². The van der Waals surface area contributed by atoms with E-state index >= 15 is 0 Å². The van der Waals surface area contributed by atoms with Crippen LogP contribution in [-0.2, 0) is 17.9 Å². The lowest BCUT2D eigenvalue weighted by molar-refractivity contribution is -0.146. The Hall–Kier alpha value is -2.53. The number of carbonyl (C=O) groups is 1. The van der Waals surface area contributed by atoms with Crippen LogP contribution in [0.5, 0.6) is 11.5 Å². The second-order valence-electron chi connectivity index (χ2n) is 8.21. The number of amides is 1. The molecule has 29 heavy (non-hydrogen) atoms. The lowest BCUT2D eigenvalue weighted by Crippen LogP contribution is -2.49. The van der Waals surface area contributed by atoms with Crippen LogP contribution in [0.1, 0.15) is 30.4 Å². The van der Waals surface area contributed by atoms with Gasteiger partial charge in [-0.25, -0.2) is 0 Å². The zero-order valence-electron chi connectivity index (χ0n) is 17.4. The number of methoxy groups -OCH3 is 2. The van der Waals surface area contributed by atoms with Crippen molar-refractivity contribution < 1.29 is 14.3 Å². The van der Waals surface area contributed by atoms with E-state index in [0.717, 1.165) is 56.8 Å². The molecule has 0 aromatic heterocycles. The maximum atomic E-state index is 13.5. The molecule has 0 saturated carbocycles. The fourth-order valence-electron chi connectivity index (χ4n) is 4.90. The minimum absolute atomic E-state index is 0.237. The number of benzene rings is 2. The number of likely N-dealkylation sites (tertiary alicyclic amines) is 2. The van der Waals surface area contributed by atoms with E-state index in [-0.39, 0.29) is 5.41 Å². The Bertz CT molecular complexity index is 854. The zero-order chi connectivity index (χ0) is 20.3. The van der Waals surface area contributed by atoms with E-state index in [1.807, 2.05) is 29.2 Å². The summed E-state index contributed by atoms with van der Waals surface area (Å²) in [6.45, 7) is 4.13. The molecule has 5 nitrogen and oxygen atoms in total. The van der Waals surface area contributed by atoms with Gasteiger partial charge >= 0.3 is 0 Å². The molecule has 1 amide bonds. The summed E-state index contributed by atoms with van der Waals surface area (Å²) < 4.78 is 11.0. The number of rotatable bonds is 6. The Labute approximate surface area is 173 Å². The molecule has 2 heterocycles. The van der Waals surface area contributed by atoms with Gasteiger partial charge in [-0.15, -0.1) is 0 Å². The molecule has 0 bridgehead atoms. The first-order chi connectivity index (χ1) is 14.1. The molecule has 0 radical (unpaired) electrons. The van der Waals surface area contributed by atoms with Crippen molar-refractivity contribution in [2.75, 3.05) is 33.9 Å². The molecule has 2 aromatic carbocycles. The predicted molar refractivity (Wildman–Crippen MR) is 113 cm³/mol. The molecule has 1 spiro atoms. The largest absolute Gasteiger partial charge is 0.493 e. The number of piperidine rings is 1. The van der Waals surface area contributed by atoms with Gasteiger partial charge in [-0.1, -0.05) is 42.5 Å². The van der Waals surface area contributed by atoms with Gasteiger partial charge in [0.05, 0.1) is 19.6 Å². The van der Waals surface area contributed by atoms with Gasteiger partial charge in [-0.2, -0.15) is 0 Å². The molecule has 2 fully saturated rings. The van der Waals surface area contributed by atoms with Gasteiger partial charge in [0.1, 0.15) is 0 Å². The van der Waals surface area contributed by atoms with Crippen molar-refractivity contribution in [3.63, 3.8) is 0 Å². The highest BCUT2D eigenvalue weighted by molar-refractivity contribution is 5.84. The van der Waals surface area contributed by atoms with E-state index in [1.54, 1.807) is 14.2 Å². The van der Waals surface area contributed by atoms with Gasteiger partial charge in [0, 0.05) is 31.7 Å². The summed E-state index contributed by atoms with van der Waals surface area (Å²) >= 11 is 0. The van der Waals surface area contributed by atoms with E-state index < -0.39 is 0 Å². The topological polar surface area (TPSA) is 42.0 Å². The van der Waals surface area contributed by atoms with Crippen LogP contribution in [0.25, 0.3) is 0 Å². The van der Waals surface area contributed by atoms with Crippen molar-refractivity contribution in [3.8, 4) is 11.5 Å². The molecule has 0 N–H and O–H groups in total. The van der Waals surface area contributed by atoms with Crippen LogP contribution in [0.2, 0.25) is 0 Å². The second kappa shape index (κ2) is 8.46. The fraction of sp³-hybridized carbons (Fsp3) is 0.458. The average molecular weight is 395 g/mol. The summed E-state index contributed by atoms with van der Waals surface area (Å²) in [4.78, 5) is 18.0. The predicted octanol–water partition coefficient (Wildman–Crippen LogP) is 3.72. The van der Waals surface area contributed by atoms with Crippen LogP contribution >= 0.6 is 0 Å². The number of nitrogens with zero attached hydrogens (tertiary/aromatic N) is 2. The van der Waals surface area contributed by atoms with Gasteiger partial charge in [0.15, 0.2) is 11.5 Å². The Balaban J connectivity index is 1.47. The highest BCUT2D eigenvalue weighted by Gasteiger charge is 2.48. The summed E-state index contributed by atoms with van der Waals surface area (Å²) in [6.07, 6.45) is 2.99. The van der Waals surface area contributed by atoms with E-state index in [1.165, 1.54) is 5.56 Å². The van der Waals surface area contributed by atoms with Gasteiger partial charge in [-0.05, 0) is 37.4 Å². The summed E-state index contributed by atoms with van der Waals surface area (Å²) in [5.41, 5.74) is 2.07. The number of ether oxygens (including phenoxy) is 2. The van der Waals surface area contributed by atoms with E-state index in [9.17, 15) is 4.79 Å². The first kappa shape index (κ1) is 19.8. The number of carbonyl (C=O) groups excluding carboxylic acids is 1. The van der Waals surface area contributed by atoms with E-state index in [2.05, 4.69) is 29.2 Å². The molecule has 2 aliphatic heterocycles. The lowest BCUT2D eigenvalue weighted by atomic mass is 9.78. The van der Waals surface area contributed by atoms with Crippen LogP contribution in [0.4, 0.5) is 0 Å². The first-order valence-corrected chi connectivity index (χ1v) is 10.4. The smallest absolute Gasteiger partial charge is 0.230 e. The van der Waals surface area contributed by atoms with Crippen molar-refractivity contribution >= 4 is 5.91 Å². The molecule has 154 valence electrons. The third-order valence-corrected chi connectivity index (χ3v) is 6.35. The average Bonchev–Trinajstić information content (AvgIpc) is 3.15. The van der Waals surface area contributed by atoms with Crippen LogP contribution in [0.3, 0.4) is 0 Å². The van der Waals surface area contributed by atoms with Gasteiger partial charge < -0.3 is 14.4 Å². The summed E-state index contributed by atoms with van der Waals surface area (Å²) in [7, 11) is 3.29. The normalized spacial score (nSPS) is 22.3. The standard InChI is InChI=1S/C24H30N2O3/c1-28-21-11-6-10-20(22(21)29-2)17-26-14-7-12-24(23(26)27)13-15-25(18-24)16-19-8-4-3-5-9-19/h3-6,8-11H,7,12-18H2,1-2H3/t24-/m1/s1. The highest BCUT2D eigenvalue weighted by Crippen LogP contribution is 2.41. The number of hydrogen-bond acceptors (Lipinski definition) is 4. The van der Waals surface area contributed by atoms with Crippen molar-refractivity contribution in [2.24, 2.45) is 5.41 Å². The Kier molecular flexibility index (Phi) is 5.76. The molecular formula is C24H30N2O3. The minimum atomic E-state index is -0.237. The van der Waals surface area contributed by atoms with Crippen LogP contribution < -0.4 is 9.47 Å². The molecule has 2 aromatic rings. The van der Waals surface area contributed by atoms with Crippen molar-refractivity contribution in [3.05, 3.63) is 59.7 Å². The molecule has 2 aliphatic rings. The third kappa shape index (κ3) is 3.97. The Morgan fingerprint density at radius 1 is 0.931 bits per heavy atom. The van der Waals surface area contributed by atoms with Gasteiger partial charge in [-0.3, -0.25) is 9.69 Å². The summed E-state index contributed by atoms with van der Waals surface area (Å²) in [5.74, 6) is 1.72. The molecule has 2 saturated heterocycles. The number of hydrogen-bond donors (Lipinski definition) is 0. The molecule has 1 atom stereocenters. The van der Waals surface area contributed by atoms with E-state index in [0.29, 0.717) is 18.2 Å². The second-order valence-corrected chi connectivity index (χ2v) is 8.21. The van der Waals surface area contributed by atoms with E-state index in [4.69, 9.17) is 9.47 Å². The van der Waals surface area contributed by atoms with Crippen LogP contribution in [0, 0.1) is 5.41 Å². The van der Waals surface area contributed by atoms with Crippen molar-refractivity contribution in [2.45, 2.75) is 32.4 Å². The lowest BCUT2D eigenvalue weighted by Gasteiger charge is -2.39. The monoisotopic (exact) mass is 394 g/mol. The fourth-order valence-corrected chi connectivity index (χ4v) is 4.90. The SMILES string of the molecule is COc1cccc(CN2CCC[C@]3(CCN(Cc4ccccc4)C3)C2=O)c1OC. The van der Waals surface area contributed by atoms with Crippen LogP contribution in [0.15, 0.2) is 48.5 Å². The van der Waals surface area contributed by atoms with Gasteiger partial charge in [0.25, 0.3) is 0 Å². The highest BCUT2D eigenvalue weighted by atomic mass is 16.5. The third-order valence-electron chi connectivity index (χ3n) is 6.35. The zero-order valence-corrected chi connectivity index (χ0v) is 17.4. The molecular weight excluding hydrogens is 364 g/mol. The number of para-hydroxylation sites is 1. The first-order valence-electron chi connectivity index (χ1n) is 10.4. The minimum Gasteiger partial charge on any atom is -0.493 e. The summed E-state index contributed by atoms with van der Waals surface area (Å²) in [6, 6.07) is 16.4. The molecule has 4 rings (SSSR count). The quantitative estimate of drug-likeness (QED) is 0.749. The molecule has 5 heteroatoms. The maximum Gasteiger partial charge on any atom is 0.230 e. The summed E-state index contributed by atoms with van der Waals surface area (Å²) in [5, 5.41) is 0. The maximum absolute atomic E-state index is 13.5. The van der Waals surface area contributed by atoms with Crippen LogP contribution in [-0.4, -0.2) is 49.6 Å². The Morgan fingerprint density at radius 3 is 2.52 bits per heavy atom. The Morgan fingerprint density at radius 2 is 1.76 bits per heavy atom. The van der Waals surface area contributed by atoms with Crippen molar-refractivity contribution in [1.29, 1.82) is 0 Å². The molecule has 0 unspecified atom stereocenters.